The SMILES string of the molecule is COCCN1C[C@@H](NC(=O)N/C(Nc2ccccc2)=C(\C)C(=N)OCCO)[C@H](c2cc(F)cc(F)c2)C1. The fourth-order valence-electron chi connectivity index (χ4n) is 4.13. The standard InChI is InChI=1S/C26H33F2N5O4/c1-17(24(29)37-11-9-34)25(30-21-6-4-3-5-7-21)32-26(35)31-23-16-33(8-10-36-2)15-22(23)18-12-19(27)14-20(28)13-18/h3-7,12-14,22-23,29-30,34H,8-11,15-16H2,1-2H3,(H2,31,32,35)/b25-17+,29-24?/t22-,23+/m0/s1. The van der Waals surface area contributed by atoms with Crippen molar-refractivity contribution >= 4 is 17.6 Å². The third kappa shape index (κ3) is 8.24. The maximum atomic E-state index is 14.0. The number of ether oxygens (including phenoxy) is 2. The number of hydrogen-bond acceptors (Lipinski definition) is 7. The van der Waals surface area contributed by atoms with Crippen molar-refractivity contribution in [3.8, 4) is 0 Å². The highest BCUT2D eigenvalue weighted by Crippen LogP contribution is 2.29. The molecule has 5 N–H and O–H groups in total. The molecule has 200 valence electrons. The first kappa shape index (κ1) is 28.0. The molecule has 0 unspecified atom stereocenters. The third-order valence-corrected chi connectivity index (χ3v) is 5.97. The number of nitrogens with one attached hydrogen (secondary N) is 4. The maximum Gasteiger partial charge on any atom is 0.320 e. The van der Waals surface area contributed by atoms with Crippen LogP contribution in [0.15, 0.2) is 59.9 Å². The Bertz CT molecular complexity index is 1080. The summed E-state index contributed by atoms with van der Waals surface area (Å²) in [6, 6.07) is 11.5. The van der Waals surface area contributed by atoms with Crippen molar-refractivity contribution in [2.75, 3.05) is 51.9 Å². The second-order valence-corrected chi connectivity index (χ2v) is 8.66. The Morgan fingerprint density at radius 2 is 1.84 bits per heavy atom. The number of urea groups is 1. The molecule has 11 heteroatoms. The number of rotatable bonds is 11. The van der Waals surface area contributed by atoms with Crippen LogP contribution in [0.5, 0.6) is 0 Å². The van der Waals surface area contributed by atoms with E-state index in [4.69, 9.17) is 20.0 Å². The molecule has 9 nitrogen and oxygen atoms in total. The minimum Gasteiger partial charge on any atom is -0.475 e. The molecule has 37 heavy (non-hydrogen) atoms. The van der Waals surface area contributed by atoms with Gasteiger partial charge in [-0.3, -0.25) is 15.6 Å². The van der Waals surface area contributed by atoms with Crippen molar-refractivity contribution in [2.24, 2.45) is 0 Å². The zero-order valence-corrected chi connectivity index (χ0v) is 20.9. The summed E-state index contributed by atoms with van der Waals surface area (Å²) in [5.74, 6) is -1.71. The maximum absolute atomic E-state index is 14.0. The molecule has 3 rings (SSSR count). The molecular formula is C26H33F2N5O4. The molecule has 0 radical (unpaired) electrons. The van der Waals surface area contributed by atoms with Crippen molar-refractivity contribution in [1.29, 1.82) is 5.41 Å². The van der Waals surface area contributed by atoms with Gasteiger partial charge in [0.1, 0.15) is 24.1 Å². The Morgan fingerprint density at radius 3 is 2.49 bits per heavy atom. The molecule has 2 amide bonds. The molecule has 0 bridgehead atoms. The number of halogens is 2. The zero-order chi connectivity index (χ0) is 26.8. The minimum absolute atomic E-state index is 0.0632. The Hall–Kier alpha value is -3.54. The number of benzene rings is 2. The fourth-order valence-corrected chi connectivity index (χ4v) is 4.13. The Kier molecular flexibility index (Phi) is 10.4. The van der Waals surface area contributed by atoms with Crippen molar-refractivity contribution in [3.63, 3.8) is 0 Å². The lowest BCUT2D eigenvalue weighted by molar-refractivity contribution is 0.159. The van der Waals surface area contributed by atoms with Gasteiger partial charge in [0.05, 0.1) is 24.8 Å². The number of hydrogen-bond donors (Lipinski definition) is 5. The summed E-state index contributed by atoms with van der Waals surface area (Å²) in [7, 11) is 1.59. The minimum atomic E-state index is -0.678. The number of carbonyl (C=O) groups is 1. The number of anilines is 1. The van der Waals surface area contributed by atoms with E-state index in [9.17, 15) is 13.6 Å². The van der Waals surface area contributed by atoms with Crippen molar-refractivity contribution < 1.29 is 28.2 Å². The molecule has 1 heterocycles. The molecule has 0 saturated carbocycles. The van der Waals surface area contributed by atoms with Crippen LogP contribution in [0, 0.1) is 17.0 Å². The van der Waals surface area contributed by atoms with Crippen LogP contribution in [-0.4, -0.2) is 74.5 Å². The highest BCUT2D eigenvalue weighted by Gasteiger charge is 2.35. The van der Waals surface area contributed by atoms with Crippen LogP contribution in [0.4, 0.5) is 19.3 Å². The Morgan fingerprint density at radius 1 is 1.14 bits per heavy atom. The quantitative estimate of drug-likeness (QED) is 0.231. The van der Waals surface area contributed by atoms with Gasteiger partial charge in [0, 0.05) is 44.4 Å². The van der Waals surface area contributed by atoms with E-state index in [1.54, 1.807) is 26.2 Å². The van der Waals surface area contributed by atoms with E-state index in [0.29, 0.717) is 43.1 Å². The van der Waals surface area contributed by atoms with Gasteiger partial charge in [0.2, 0.25) is 5.90 Å². The average molecular weight is 518 g/mol. The number of likely N-dealkylation sites (tertiary alicyclic amines) is 1. The summed E-state index contributed by atoms with van der Waals surface area (Å²) in [5, 5.41) is 25.9. The van der Waals surface area contributed by atoms with E-state index >= 15 is 0 Å². The van der Waals surface area contributed by atoms with Crippen LogP contribution in [-0.2, 0) is 9.47 Å². The van der Waals surface area contributed by atoms with E-state index in [1.165, 1.54) is 12.1 Å². The summed E-state index contributed by atoms with van der Waals surface area (Å²) in [6.07, 6.45) is 0. The summed E-state index contributed by atoms with van der Waals surface area (Å²) >= 11 is 0. The second-order valence-electron chi connectivity index (χ2n) is 8.66. The smallest absolute Gasteiger partial charge is 0.320 e. The van der Waals surface area contributed by atoms with Crippen molar-refractivity contribution in [2.45, 2.75) is 18.9 Å². The van der Waals surface area contributed by atoms with Crippen molar-refractivity contribution in [3.05, 3.63) is 77.1 Å². The third-order valence-electron chi connectivity index (χ3n) is 5.97. The molecular weight excluding hydrogens is 484 g/mol. The second kappa shape index (κ2) is 13.7. The molecule has 0 spiro atoms. The molecule has 2 atom stereocenters. The predicted octanol–water partition coefficient (Wildman–Crippen LogP) is 3.01. The number of amides is 2. The van der Waals surface area contributed by atoms with Gasteiger partial charge >= 0.3 is 6.03 Å². The van der Waals surface area contributed by atoms with Crippen LogP contribution in [0.25, 0.3) is 0 Å². The van der Waals surface area contributed by atoms with E-state index in [1.807, 2.05) is 18.2 Å². The Labute approximate surface area is 215 Å². The first-order valence-electron chi connectivity index (χ1n) is 11.9. The summed E-state index contributed by atoms with van der Waals surface area (Å²) < 4.78 is 38.3. The van der Waals surface area contributed by atoms with E-state index in [-0.39, 0.29) is 30.9 Å². The number of nitrogens with zero attached hydrogens (tertiary/aromatic N) is 1. The van der Waals surface area contributed by atoms with E-state index < -0.39 is 23.7 Å². The molecule has 1 fully saturated rings. The van der Waals surface area contributed by atoms with Crippen LogP contribution in [0.1, 0.15) is 18.4 Å². The van der Waals surface area contributed by atoms with Crippen LogP contribution >= 0.6 is 0 Å². The monoisotopic (exact) mass is 517 g/mol. The lowest BCUT2D eigenvalue weighted by atomic mass is 9.94. The van der Waals surface area contributed by atoms with Crippen LogP contribution in [0.2, 0.25) is 0 Å². The highest BCUT2D eigenvalue weighted by atomic mass is 19.1. The fraction of sp³-hybridized carbons (Fsp3) is 0.385. The van der Waals surface area contributed by atoms with Crippen molar-refractivity contribution in [1.82, 2.24) is 15.5 Å². The molecule has 1 aliphatic heterocycles. The molecule has 0 aliphatic carbocycles. The van der Waals surface area contributed by atoms with Gasteiger partial charge in [0.15, 0.2) is 0 Å². The lowest BCUT2D eigenvalue weighted by Crippen LogP contribution is -2.46. The normalized spacial score (nSPS) is 18.2. The Balaban J connectivity index is 1.80. The van der Waals surface area contributed by atoms with E-state index in [0.717, 1.165) is 6.07 Å². The number of para-hydroxylation sites is 1. The number of aliphatic hydroxyl groups is 1. The van der Waals surface area contributed by atoms with Gasteiger partial charge in [-0.1, -0.05) is 18.2 Å². The lowest BCUT2D eigenvalue weighted by Gasteiger charge is -2.22. The summed E-state index contributed by atoms with van der Waals surface area (Å²) in [5.41, 5.74) is 1.44. The molecule has 2 aromatic rings. The molecule has 2 aromatic carbocycles. The number of carbonyl (C=O) groups excluding carboxylic acids is 1. The highest BCUT2D eigenvalue weighted by molar-refractivity contribution is 5.93. The van der Waals surface area contributed by atoms with Gasteiger partial charge in [-0.2, -0.15) is 0 Å². The molecule has 1 aliphatic rings. The largest absolute Gasteiger partial charge is 0.475 e. The first-order chi connectivity index (χ1) is 17.8. The first-order valence-corrected chi connectivity index (χ1v) is 11.9. The van der Waals surface area contributed by atoms with E-state index in [2.05, 4.69) is 20.9 Å². The van der Waals surface area contributed by atoms with Crippen LogP contribution < -0.4 is 16.0 Å². The summed E-state index contributed by atoms with van der Waals surface area (Å²) in [4.78, 5) is 15.2. The van der Waals surface area contributed by atoms with Gasteiger partial charge in [-0.05, 0) is 36.8 Å². The summed E-state index contributed by atoms with van der Waals surface area (Å²) in [6.45, 7) is 3.31. The van der Waals surface area contributed by atoms with Gasteiger partial charge < -0.3 is 25.2 Å². The van der Waals surface area contributed by atoms with Gasteiger partial charge in [0.25, 0.3) is 0 Å². The molecule has 0 aromatic heterocycles. The number of methoxy groups -OCH3 is 1. The molecule has 1 saturated heterocycles. The average Bonchev–Trinajstić information content (AvgIpc) is 3.27. The van der Waals surface area contributed by atoms with Crippen LogP contribution in [0.3, 0.4) is 0 Å². The zero-order valence-electron chi connectivity index (χ0n) is 20.9. The topological polar surface area (TPSA) is 119 Å². The number of aliphatic hydroxyl groups excluding tert-OH is 1. The predicted molar refractivity (Wildman–Crippen MR) is 136 cm³/mol. The van der Waals surface area contributed by atoms with Gasteiger partial charge in [-0.15, -0.1) is 0 Å². The van der Waals surface area contributed by atoms with Gasteiger partial charge in [-0.25, -0.2) is 13.6 Å².